The van der Waals surface area contributed by atoms with Crippen molar-refractivity contribution in [3.8, 4) is 0 Å². The molecule has 5 heteroatoms. The number of rotatable bonds is 6. The van der Waals surface area contributed by atoms with Gasteiger partial charge in [0, 0.05) is 53.4 Å². The molecule has 8 aromatic rings. The first-order valence-electron chi connectivity index (χ1n) is 16.9. The second kappa shape index (κ2) is 12.3. The monoisotopic (exact) mass is 670 g/mol. The Bertz CT molecular complexity index is 2590. The molecule has 0 amide bonds. The molecule has 50 heavy (non-hydrogen) atoms. The normalized spacial score (nSPS) is 15.7. The van der Waals surface area contributed by atoms with Crippen LogP contribution in [0.25, 0.3) is 41.7 Å². The predicted octanol–water partition coefficient (Wildman–Crippen LogP) is 13.4. The molecule has 0 saturated heterocycles. The lowest BCUT2D eigenvalue weighted by Crippen LogP contribution is -2.35. The quantitative estimate of drug-likeness (QED) is 0.174. The van der Waals surface area contributed by atoms with Crippen LogP contribution in [-0.4, -0.2) is 6.04 Å². The van der Waals surface area contributed by atoms with Crippen LogP contribution in [0.5, 0.6) is 0 Å². The molecule has 0 spiro atoms. The van der Waals surface area contributed by atoms with Gasteiger partial charge in [-0.05, 0) is 84.1 Å². The third kappa shape index (κ3) is 5.05. The Hall–Kier alpha value is -5.78. The van der Waals surface area contributed by atoms with Crippen molar-refractivity contribution in [2.75, 3.05) is 9.80 Å². The maximum absolute atomic E-state index is 14.3. The summed E-state index contributed by atoms with van der Waals surface area (Å²) >= 11 is 1.80. The molecule has 1 aromatic heterocycles. The zero-order valence-electron chi connectivity index (χ0n) is 27.3. The first-order chi connectivity index (χ1) is 24.5. The molecule has 1 aliphatic rings. The molecule has 0 fully saturated rings. The molecule has 0 bridgehead atoms. The van der Waals surface area contributed by atoms with Crippen molar-refractivity contribution in [3.63, 3.8) is 0 Å². The van der Waals surface area contributed by atoms with E-state index in [1.165, 1.54) is 37.7 Å². The van der Waals surface area contributed by atoms with E-state index in [-0.39, 0.29) is 23.6 Å². The first-order valence-corrected chi connectivity index (χ1v) is 17.7. The topological polar surface area (TPSA) is 6.48 Å². The van der Waals surface area contributed by atoms with E-state index in [2.05, 4.69) is 114 Å². The number of thiophene rings is 1. The fourth-order valence-corrected chi connectivity index (χ4v) is 8.78. The maximum atomic E-state index is 14.3. The number of nitrogens with zero attached hydrogens (tertiary/aromatic N) is 2. The Morgan fingerprint density at radius 3 is 1.76 bits per heavy atom. The van der Waals surface area contributed by atoms with E-state index >= 15 is 0 Å². The van der Waals surface area contributed by atoms with E-state index in [4.69, 9.17) is 0 Å². The molecular formula is C45H32F2N2S. The van der Waals surface area contributed by atoms with Gasteiger partial charge in [0.15, 0.2) is 0 Å². The van der Waals surface area contributed by atoms with Gasteiger partial charge in [-0.1, -0.05) is 98.0 Å². The lowest BCUT2D eigenvalue weighted by atomic mass is 9.93. The minimum atomic E-state index is -0.266. The highest BCUT2D eigenvalue weighted by molar-refractivity contribution is 7.27. The molecule has 2 atom stereocenters. The molecule has 1 aliphatic carbocycles. The van der Waals surface area contributed by atoms with Gasteiger partial charge in [-0.15, -0.1) is 11.3 Å². The van der Waals surface area contributed by atoms with Gasteiger partial charge < -0.3 is 9.80 Å². The lowest BCUT2D eigenvalue weighted by molar-refractivity contribution is 0.607. The van der Waals surface area contributed by atoms with E-state index in [0.717, 1.165) is 44.6 Å². The zero-order valence-corrected chi connectivity index (χ0v) is 28.1. The molecular weight excluding hydrogens is 639 g/mol. The fraction of sp³-hybridized carbons (Fsp3) is 0.0667. The van der Waals surface area contributed by atoms with E-state index in [0.29, 0.717) is 0 Å². The van der Waals surface area contributed by atoms with E-state index in [1.54, 1.807) is 23.5 Å². The van der Waals surface area contributed by atoms with E-state index < -0.39 is 0 Å². The number of anilines is 5. The van der Waals surface area contributed by atoms with Crippen LogP contribution >= 0.6 is 11.3 Å². The molecule has 2 unspecified atom stereocenters. The number of benzene rings is 7. The highest BCUT2D eigenvalue weighted by Gasteiger charge is 2.28. The minimum absolute atomic E-state index is 0.0368. The molecule has 0 aliphatic heterocycles. The second-order valence-corrected chi connectivity index (χ2v) is 13.9. The van der Waals surface area contributed by atoms with Crippen LogP contribution in [-0.2, 0) is 0 Å². The molecule has 242 valence electrons. The summed E-state index contributed by atoms with van der Waals surface area (Å²) in [4.78, 5) is 4.59. The molecule has 2 nitrogen and oxygen atoms in total. The van der Waals surface area contributed by atoms with Gasteiger partial charge in [0.1, 0.15) is 11.6 Å². The zero-order chi connectivity index (χ0) is 33.8. The number of hydrogen-bond donors (Lipinski definition) is 0. The minimum Gasteiger partial charge on any atom is -0.333 e. The standard InChI is InChI=1S/C45H32F2N2S/c1-29-11-5-10-18-40(29)49(34-25-21-31(47)22-26-34)41-27-39-44-37-16-8-6-14-35(37)42(28-43(44)50-45(39)38-17-9-7-15-36(38)41)48(32-12-3-2-4-13-32)33-23-19-30(46)20-24-33/h2-29,40H,1H3. The van der Waals surface area contributed by atoms with Crippen molar-refractivity contribution in [1.82, 2.24) is 0 Å². The number of para-hydroxylation sites is 1. The number of allylic oxidation sites excluding steroid dienone is 2. The summed E-state index contributed by atoms with van der Waals surface area (Å²) in [5, 5.41) is 6.97. The fourth-order valence-electron chi connectivity index (χ4n) is 7.50. The van der Waals surface area contributed by atoms with Crippen LogP contribution in [0.4, 0.5) is 37.2 Å². The van der Waals surface area contributed by atoms with Crippen molar-refractivity contribution in [2.45, 2.75) is 13.0 Å². The van der Waals surface area contributed by atoms with Crippen molar-refractivity contribution in [2.24, 2.45) is 5.92 Å². The Labute approximate surface area is 293 Å². The molecule has 9 rings (SSSR count). The summed E-state index contributed by atoms with van der Waals surface area (Å²) in [6.45, 7) is 2.23. The predicted molar refractivity (Wildman–Crippen MR) is 209 cm³/mol. The van der Waals surface area contributed by atoms with Crippen molar-refractivity contribution < 1.29 is 8.78 Å². The van der Waals surface area contributed by atoms with Gasteiger partial charge in [0.2, 0.25) is 0 Å². The summed E-state index contributed by atoms with van der Waals surface area (Å²) in [7, 11) is 0. The first kappa shape index (κ1) is 30.3. The van der Waals surface area contributed by atoms with Gasteiger partial charge in [0.05, 0.1) is 17.4 Å². The van der Waals surface area contributed by atoms with Crippen LogP contribution in [0.3, 0.4) is 0 Å². The maximum Gasteiger partial charge on any atom is 0.123 e. The van der Waals surface area contributed by atoms with Crippen LogP contribution in [0.2, 0.25) is 0 Å². The molecule has 7 aromatic carbocycles. The van der Waals surface area contributed by atoms with Crippen LogP contribution in [0, 0.1) is 17.6 Å². The summed E-state index contributed by atoms with van der Waals surface area (Å²) in [6, 6.07) is 45.7. The highest BCUT2D eigenvalue weighted by atomic mass is 32.1. The van der Waals surface area contributed by atoms with E-state index in [9.17, 15) is 8.78 Å². The molecule has 0 radical (unpaired) electrons. The van der Waals surface area contributed by atoms with Gasteiger partial charge in [-0.2, -0.15) is 0 Å². The number of fused-ring (bicyclic) bond motifs is 7. The highest BCUT2D eigenvalue weighted by Crippen LogP contribution is 2.50. The Kier molecular flexibility index (Phi) is 7.44. The number of hydrogen-bond acceptors (Lipinski definition) is 3. The van der Waals surface area contributed by atoms with Crippen LogP contribution in [0.15, 0.2) is 164 Å². The molecule has 0 N–H and O–H groups in total. The summed E-state index contributed by atoms with van der Waals surface area (Å²) in [5.74, 6) is -0.284. The largest absolute Gasteiger partial charge is 0.333 e. The average Bonchev–Trinajstić information content (AvgIpc) is 3.53. The van der Waals surface area contributed by atoms with Crippen molar-refractivity contribution in [3.05, 3.63) is 175 Å². The molecule has 0 saturated carbocycles. The Morgan fingerprint density at radius 1 is 0.520 bits per heavy atom. The van der Waals surface area contributed by atoms with Gasteiger partial charge in [0.25, 0.3) is 0 Å². The summed E-state index contributed by atoms with van der Waals surface area (Å²) < 4.78 is 30.8. The lowest BCUT2D eigenvalue weighted by Gasteiger charge is -2.37. The Morgan fingerprint density at radius 2 is 1.08 bits per heavy atom. The third-order valence-corrected chi connectivity index (χ3v) is 11.0. The number of halogens is 2. The van der Waals surface area contributed by atoms with Gasteiger partial charge in [-0.25, -0.2) is 8.78 Å². The SMILES string of the molecule is CC1C=CC=CC1N(c1ccc(F)cc1)c1cc2c(sc3cc(N(c4ccccc4)c4ccc(F)cc4)c4ccccc4c32)c2ccccc12. The van der Waals surface area contributed by atoms with Crippen LogP contribution in [0.1, 0.15) is 6.92 Å². The summed E-state index contributed by atoms with van der Waals surface area (Å²) in [6.07, 6.45) is 8.69. The smallest absolute Gasteiger partial charge is 0.123 e. The van der Waals surface area contributed by atoms with Crippen LogP contribution < -0.4 is 9.80 Å². The molecule has 1 heterocycles. The van der Waals surface area contributed by atoms with Gasteiger partial charge in [-0.3, -0.25) is 0 Å². The average molecular weight is 671 g/mol. The second-order valence-electron chi connectivity index (χ2n) is 12.8. The summed E-state index contributed by atoms with van der Waals surface area (Å²) in [5.41, 5.74) is 4.94. The van der Waals surface area contributed by atoms with Crippen molar-refractivity contribution in [1.29, 1.82) is 0 Å². The van der Waals surface area contributed by atoms with Gasteiger partial charge >= 0.3 is 0 Å². The third-order valence-electron chi connectivity index (χ3n) is 9.82. The van der Waals surface area contributed by atoms with E-state index in [1.807, 2.05) is 42.5 Å². The Balaban J connectivity index is 1.36. The van der Waals surface area contributed by atoms with Crippen molar-refractivity contribution >= 4 is 81.5 Å².